The van der Waals surface area contributed by atoms with Crippen LogP contribution in [0.25, 0.3) is 5.70 Å². The molecule has 1 aromatic carbocycles. The van der Waals surface area contributed by atoms with Crippen molar-refractivity contribution < 1.29 is 4.79 Å². The van der Waals surface area contributed by atoms with E-state index in [1.165, 1.54) is 19.3 Å². The standard InChI is InChI=1S/C21H22BrN5OS/c1-2-3-4-5-11-29-21-25-20(28)18-16-12-15(22)8-9-17(16)24-19(27(18)26-21)14-7-6-10-23-13-14/h6-10,12-13,19H,2-5,11H2,1H3,(H,25,26,28)/t19-/m1/s1. The van der Waals surface area contributed by atoms with E-state index in [1.807, 2.05) is 30.3 Å². The number of amides is 1. The molecule has 2 aromatic rings. The molecule has 4 rings (SSSR count). The molecule has 0 radical (unpaired) electrons. The second kappa shape index (κ2) is 9.09. The summed E-state index contributed by atoms with van der Waals surface area (Å²) < 4.78 is 0.895. The Kier molecular flexibility index (Phi) is 6.30. The van der Waals surface area contributed by atoms with Gasteiger partial charge < -0.3 is 0 Å². The number of benzene rings is 1. The summed E-state index contributed by atoms with van der Waals surface area (Å²) in [5.41, 5.74) is 1.41. The number of hydrogen-bond donors (Lipinski definition) is 1. The summed E-state index contributed by atoms with van der Waals surface area (Å²) >= 11 is 5.08. The molecule has 2 aliphatic rings. The van der Waals surface area contributed by atoms with Crippen LogP contribution in [0.4, 0.5) is 0 Å². The Labute approximate surface area is 182 Å². The fourth-order valence-electron chi connectivity index (χ4n) is 3.36. The topological polar surface area (TPSA) is 70.0 Å². The minimum absolute atomic E-state index is 0.154. The zero-order valence-electron chi connectivity index (χ0n) is 16.1. The molecule has 0 spiro atoms. The average molecular weight is 472 g/mol. The van der Waals surface area contributed by atoms with Crippen LogP contribution < -0.4 is 15.9 Å². The van der Waals surface area contributed by atoms with Crippen LogP contribution in [0.2, 0.25) is 0 Å². The quantitative estimate of drug-likeness (QED) is 0.656. The molecular weight excluding hydrogens is 450 g/mol. The van der Waals surface area contributed by atoms with Gasteiger partial charge in [0, 0.05) is 33.4 Å². The van der Waals surface area contributed by atoms with Crippen LogP contribution >= 0.6 is 27.7 Å². The number of nitrogens with zero attached hydrogens (tertiary/aromatic N) is 4. The second-order valence-electron chi connectivity index (χ2n) is 6.91. The van der Waals surface area contributed by atoms with E-state index in [-0.39, 0.29) is 5.91 Å². The zero-order valence-corrected chi connectivity index (χ0v) is 18.5. The van der Waals surface area contributed by atoms with Gasteiger partial charge in [0.1, 0.15) is 5.70 Å². The molecule has 0 unspecified atom stereocenters. The maximum Gasteiger partial charge on any atom is 0.276 e. The van der Waals surface area contributed by atoms with Crippen molar-refractivity contribution in [2.45, 2.75) is 38.8 Å². The van der Waals surface area contributed by atoms with Gasteiger partial charge in [-0.2, -0.15) is 0 Å². The van der Waals surface area contributed by atoms with Crippen LogP contribution in [0.1, 0.15) is 44.3 Å². The van der Waals surface area contributed by atoms with E-state index in [1.54, 1.807) is 29.2 Å². The first-order valence-electron chi connectivity index (χ1n) is 9.77. The molecule has 0 bridgehead atoms. The van der Waals surface area contributed by atoms with Crippen molar-refractivity contribution in [3.63, 3.8) is 0 Å². The van der Waals surface area contributed by atoms with E-state index in [0.29, 0.717) is 10.9 Å². The lowest BCUT2D eigenvalue weighted by Gasteiger charge is -2.34. The van der Waals surface area contributed by atoms with Gasteiger partial charge in [0.2, 0.25) is 0 Å². The summed E-state index contributed by atoms with van der Waals surface area (Å²) in [5.74, 6) is 0.776. The van der Waals surface area contributed by atoms with E-state index in [4.69, 9.17) is 10.1 Å². The molecule has 6 nitrogen and oxygen atoms in total. The Bertz CT molecular complexity index is 1060. The van der Waals surface area contributed by atoms with Gasteiger partial charge in [-0.3, -0.25) is 20.1 Å². The van der Waals surface area contributed by atoms with Gasteiger partial charge in [-0.05, 0) is 30.7 Å². The lowest BCUT2D eigenvalue weighted by atomic mass is 10.1. The van der Waals surface area contributed by atoms with Gasteiger partial charge in [0.25, 0.3) is 5.91 Å². The highest BCUT2D eigenvalue weighted by atomic mass is 79.9. The Hall–Kier alpha value is -2.19. The third kappa shape index (κ3) is 4.38. The highest BCUT2D eigenvalue weighted by Crippen LogP contribution is 2.30. The summed E-state index contributed by atoms with van der Waals surface area (Å²) in [6, 6.07) is 9.60. The van der Waals surface area contributed by atoms with Crippen LogP contribution in [0.15, 0.2) is 57.3 Å². The molecule has 0 aliphatic carbocycles. The first-order chi connectivity index (χ1) is 14.2. The Morgan fingerprint density at radius 1 is 1.24 bits per heavy atom. The lowest BCUT2D eigenvalue weighted by molar-refractivity contribution is -0.116. The highest BCUT2D eigenvalue weighted by molar-refractivity contribution is 9.10. The van der Waals surface area contributed by atoms with Crippen LogP contribution in [0, 0.1) is 0 Å². The van der Waals surface area contributed by atoms with Crippen LogP contribution in [0.5, 0.6) is 0 Å². The fourth-order valence-corrected chi connectivity index (χ4v) is 4.57. The number of carbonyl (C=O) groups excluding carboxylic acids is 1. The smallest absolute Gasteiger partial charge is 0.276 e. The molecule has 2 aliphatic heterocycles. The van der Waals surface area contributed by atoms with Gasteiger partial charge >= 0.3 is 0 Å². The van der Waals surface area contributed by atoms with E-state index in [9.17, 15) is 4.79 Å². The molecule has 29 heavy (non-hydrogen) atoms. The van der Waals surface area contributed by atoms with Crippen molar-refractivity contribution in [3.05, 3.63) is 63.3 Å². The predicted molar refractivity (Wildman–Crippen MR) is 119 cm³/mol. The van der Waals surface area contributed by atoms with Crippen molar-refractivity contribution in [3.8, 4) is 0 Å². The number of hydrazone groups is 1. The number of pyridine rings is 1. The second-order valence-corrected chi connectivity index (χ2v) is 8.91. The SMILES string of the molecule is CCCCCCSC1=NN2C(=c3cc(Br)ccc3=N[C@H]2c2cccnc2)C(=O)N1. The van der Waals surface area contributed by atoms with Gasteiger partial charge in [0.15, 0.2) is 11.3 Å². The molecule has 0 saturated carbocycles. The van der Waals surface area contributed by atoms with Gasteiger partial charge in [-0.25, -0.2) is 5.01 Å². The molecule has 1 atom stereocenters. The minimum Gasteiger partial charge on any atom is -0.298 e. The first kappa shape index (κ1) is 20.1. The molecule has 1 N–H and O–H groups in total. The maximum atomic E-state index is 13.1. The van der Waals surface area contributed by atoms with Gasteiger partial charge in [-0.1, -0.05) is 59.9 Å². The molecule has 1 amide bonds. The minimum atomic E-state index is -0.422. The third-order valence-corrected chi connectivity index (χ3v) is 6.23. The van der Waals surface area contributed by atoms with E-state index >= 15 is 0 Å². The number of thioether (sulfide) groups is 1. The van der Waals surface area contributed by atoms with Crippen LogP contribution in [-0.2, 0) is 4.79 Å². The summed E-state index contributed by atoms with van der Waals surface area (Å²) in [4.78, 5) is 22.2. The maximum absolute atomic E-state index is 13.1. The summed E-state index contributed by atoms with van der Waals surface area (Å²) in [5, 5.41) is 11.6. The fraction of sp³-hybridized carbons (Fsp3) is 0.333. The summed E-state index contributed by atoms with van der Waals surface area (Å²) in [7, 11) is 0. The zero-order chi connectivity index (χ0) is 20.2. The Balaban J connectivity index is 1.72. The number of carbonyl (C=O) groups is 1. The number of nitrogens with one attached hydrogen (secondary N) is 1. The number of fused-ring (bicyclic) bond motifs is 2. The highest BCUT2D eigenvalue weighted by Gasteiger charge is 2.34. The van der Waals surface area contributed by atoms with Crippen molar-refractivity contribution in [2.24, 2.45) is 10.1 Å². The monoisotopic (exact) mass is 471 g/mol. The molecule has 0 fully saturated rings. The third-order valence-electron chi connectivity index (χ3n) is 4.79. The van der Waals surface area contributed by atoms with E-state index in [0.717, 1.165) is 32.8 Å². The van der Waals surface area contributed by atoms with Crippen LogP contribution in [-0.4, -0.2) is 26.8 Å². The number of aromatic nitrogens is 1. The molecule has 3 heterocycles. The summed E-state index contributed by atoms with van der Waals surface area (Å²) in [6.07, 6.45) is 7.82. The molecule has 0 saturated heterocycles. The van der Waals surface area contributed by atoms with Crippen molar-refractivity contribution in [1.29, 1.82) is 0 Å². The first-order valence-corrected chi connectivity index (χ1v) is 11.5. The number of rotatable bonds is 6. The van der Waals surface area contributed by atoms with Crippen molar-refractivity contribution >= 4 is 44.5 Å². The number of amidine groups is 1. The van der Waals surface area contributed by atoms with Crippen molar-refractivity contribution in [1.82, 2.24) is 15.3 Å². The van der Waals surface area contributed by atoms with E-state index in [2.05, 4.69) is 33.2 Å². The predicted octanol–water partition coefficient (Wildman–Crippen LogP) is 3.30. The lowest BCUT2D eigenvalue weighted by Crippen LogP contribution is -2.50. The average Bonchev–Trinajstić information content (AvgIpc) is 2.73. The molecule has 1 aromatic heterocycles. The Morgan fingerprint density at radius 2 is 2.14 bits per heavy atom. The van der Waals surface area contributed by atoms with Crippen molar-refractivity contribution in [2.75, 3.05) is 5.75 Å². The molecular formula is C21H22BrN5OS. The Morgan fingerprint density at radius 3 is 2.93 bits per heavy atom. The number of hydrogen-bond acceptors (Lipinski definition) is 6. The normalized spacial score (nSPS) is 17.8. The van der Waals surface area contributed by atoms with Gasteiger partial charge in [0.05, 0.1) is 5.36 Å². The summed E-state index contributed by atoms with van der Waals surface area (Å²) in [6.45, 7) is 2.20. The van der Waals surface area contributed by atoms with Crippen LogP contribution in [0.3, 0.4) is 0 Å². The number of unbranched alkanes of at least 4 members (excludes halogenated alkanes) is 3. The molecule has 150 valence electrons. The van der Waals surface area contributed by atoms with Gasteiger partial charge in [-0.15, -0.1) is 5.10 Å². The molecule has 8 heteroatoms. The number of halogens is 1. The largest absolute Gasteiger partial charge is 0.298 e. The van der Waals surface area contributed by atoms with E-state index < -0.39 is 6.17 Å².